The van der Waals surface area contributed by atoms with Crippen LogP contribution in [-0.2, 0) is 4.74 Å². The molecular formula is C13H20N4O2S. The molecule has 7 heteroatoms. The number of ether oxygens (including phenoxy) is 1. The first kappa shape index (κ1) is 13.8. The Labute approximate surface area is 122 Å². The van der Waals surface area contributed by atoms with Crippen LogP contribution in [0.2, 0.25) is 0 Å². The van der Waals surface area contributed by atoms with Crippen LogP contribution >= 0.6 is 11.3 Å². The van der Waals surface area contributed by atoms with Crippen LogP contribution in [0.4, 0.5) is 5.13 Å². The average Bonchev–Trinajstić information content (AvgIpc) is 3.08. The predicted molar refractivity (Wildman–Crippen MR) is 77.8 cm³/mol. The van der Waals surface area contributed by atoms with E-state index in [1.54, 1.807) is 5.38 Å². The van der Waals surface area contributed by atoms with Gasteiger partial charge in [0.1, 0.15) is 5.69 Å². The molecule has 6 nitrogen and oxygen atoms in total. The van der Waals surface area contributed by atoms with E-state index >= 15 is 0 Å². The molecule has 1 aliphatic carbocycles. The van der Waals surface area contributed by atoms with Crippen LogP contribution in [0, 0.1) is 5.41 Å². The number of thiazole rings is 1. The van der Waals surface area contributed by atoms with Crippen LogP contribution in [0.25, 0.3) is 0 Å². The van der Waals surface area contributed by atoms with Crippen LogP contribution in [0.3, 0.4) is 0 Å². The van der Waals surface area contributed by atoms with Gasteiger partial charge in [-0.3, -0.25) is 9.69 Å². The highest BCUT2D eigenvalue weighted by Crippen LogP contribution is 2.45. The van der Waals surface area contributed by atoms with Crippen LogP contribution in [0.15, 0.2) is 5.38 Å². The molecule has 1 amide bonds. The highest BCUT2D eigenvalue weighted by molar-refractivity contribution is 7.13. The number of nitrogens with one attached hydrogen (secondary N) is 1. The molecular weight excluding hydrogens is 276 g/mol. The second kappa shape index (κ2) is 5.67. The molecule has 1 aliphatic heterocycles. The second-order valence-electron chi connectivity index (χ2n) is 5.64. The van der Waals surface area contributed by atoms with Gasteiger partial charge in [-0.25, -0.2) is 4.98 Å². The van der Waals surface area contributed by atoms with Gasteiger partial charge in [-0.15, -0.1) is 11.3 Å². The summed E-state index contributed by atoms with van der Waals surface area (Å²) in [6, 6.07) is 0. The summed E-state index contributed by atoms with van der Waals surface area (Å²) in [6.45, 7) is 5.41. The van der Waals surface area contributed by atoms with Crippen LogP contribution < -0.4 is 11.1 Å². The molecule has 0 aromatic carbocycles. The lowest BCUT2D eigenvalue weighted by atomic mass is 10.1. The molecule has 0 radical (unpaired) electrons. The Balaban J connectivity index is 1.48. The summed E-state index contributed by atoms with van der Waals surface area (Å²) in [5, 5.41) is 5.13. The SMILES string of the molecule is Nc1nc(C(=O)NCC2(CN3CCOCC3)CC2)cs1. The Kier molecular flexibility index (Phi) is 3.91. The van der Waals surface area contributed by atoms with Gasteiger partial charge in [0.25, 0.3) is 5.91 Å². The van der Waals surface area contributed by atoms with Crippen molar-refractivity contribution in [2.75, 3.05) is 45.1 Å². The van der Waals surface area contributed by atoms with Crippen molar-refractivity contribution < 1.29 is 9.53 Å². The molecule has 1 aromatic rings. The third-order valence-electron chi connectivity index (χ3n) is 4.00. The average molecular weight is 296 g/mol. The van der Waals surface area contributed by atoms with E-state index < -0.39 is 0 Å². The lowest BCUT2D eigenvalue weighted by Crippen LogP contribution is -2.43. The molecule has 0 spiro atoms. The fourth-order valence-corrected chi connectivity index (χ4v) is 3.09. The lowest BCUT2D eigenvalue weighted by Gasteiger charge is -2.30. The van der Waals surface area contributed by atoms with Crippen LogP contribution in [-0.4, -0.2) is 55.2 Å². The van der Waals surface area contributed by atoms with Crippen molar-refractivity contribution in [1.29, 1.82) is 0 Å². The minimum Gasteiger partial charge on any atom is -0.379 e. The maximum Gasteiger partial charge on any atom is 0.270 e. The number of hydrogen-bond acceptors (Lipinski definition) is 6. The number of aromatic nitrogens is 1. The van der Waals surface area contributed by atoms with E-state index in [9.17, 15) is 4.79 Å². The summed E-state index contributed by atoms with van der Waals surface area (Å²) < 4.78 is 5.36. The quantitative estimate of drug-likeness (QED) is 0.830. The van der Waals surface area contributed by atoms with E-state index in [-0.39, 0.29) is 11.3 Å². The summed E-state index contributed by atoms with van der Waals surface area (Å²) in [7, 11) is 0. The number of anilines is 1. The zero-order chi connectivity index (χ0) is 14.0. The van der Waals surface area contributed by atoms with Crippen LogP contribution in [0.5, 0.6) is 0 Å². The van der Waals surface area contributed by atoms with Crippen LogP contribution in [0.1, 0.15) is 23.3 Å². The van der Waals surface area contributed by atoms with Gasteiger partial charge in [0.05, 0.1) is 13.2 Å². The smallest absolute Gasteiger partial charge is 0.270 e. The number of nitrogens with zero attached hydrogens (tertiary/aromatic N) is 2. The Morgan fingerprint density at radius 3 is 2.85 bits per heavy atom. The maximum absolute atomic E-state index is 12.0. The molecule has 0 atom stereocenters. The first-order valence-electron chi connectivity index (χ1n) is 6.96. The molecule has 1 saturated carbocycles. The first-order valence-corrected chi connectivity index (χ1v) is 7.84. The minimum atomic E-state index is -0.119. The largest absolute Gasteiger partial charge is 0.379 e. The van der Waals surface area contributed by atoms with Gasteiger partial charge in [-0.2, -0.15) is 0 Å². The zero-order valence-electron chi connectivity index (χ0n) is 11.4. The summed E-state index contributed by atoms with van der Waals surface area (Å²) in [4.78, 5) is 18.4. The number of rotatable bonds is 5. The van der Waals surface area contributed by atoms with Gasteiger partial charge < -0.3 is 15.8 Å². The number of nitrogen functional groups attached to an aromatic ring is 1. The fourth-order valence-electron chi connectivity index (χ4n) is 2.55. The highest BCUT2D eigenvalue weighted by atomic mass is 32.1. The monoisotopic (exact) mass is 296 g/mol. The molecule has 2 heterocycles. The van der Waals surface area contributed by atoms with Gasteiger partial charge in [0.15, 0.2) is 5.13 Å². The number of amides is 1. The van der Waals surface area contributed by atoms with Crippen molar-refractivity contribution in [2.24, 2.45) is 5.41 Å². The molecule has 0 unspecified atom stereocenters. The molecule has 20 heavy (non-hydrogen) atoms. The third-order valence-corrected chi connectivity index (χ3v) is 4.67. The van der Waals surface area contributed by atoms with Crippen molar-refractivity contribution >= 4 is 22.4 Å². The summed E-state index contributed by atoms with van der Waals surface area (Å²) in [5.41, 5.74) is 6.23. The predicted octanol–water partition coefficient (Wildman–Crippen LogP) is 0.567. The molecule has 1 saturated heterocycles. The maximum atomic E-state index is 12.0. The Morgan fingerprint density at radius 1 is 1.50 bits per heavy atom. The molecule has 1 aromatic heterocycles. The summed E-state index contributed by atoms with van der Waals surface area (Å²) in [5.74, 6) is -0.119. The zero-order valence-corrected chi connectivity index (χ0v) is 12.2. The molecule has 0 bridgehead atoms. The third kappa shape index (κ3) is 3.28. The summed E-state index contributed by atoms with van der Waals surface area (Å²) in [6.07, 6.45) is 2.37. The molecule has 2 aliphatic rings. The molecule has 110 valence electrons. The first-order chi connectivity index (χ1) is 9.67. The number of nitrogens with two attached hydrogens (primary N) is 1. The van der Waals surface area contributed by atoms with Gasteiger partial charge in [0, 0.05) is 37.0 Å². The van der Waals surface area contributed by atoms with Crippen molar-refractivity contribution in [3.63, 3.8) is 0 Å². The lowest BCUT2D eigenvalue weighted by molar-refractivity contribution is 0.0283. The molecule has 3 N–H and O–H groups in total. The number of carbonyl (C=O) groups excluding carboxylic acids is 1. The van der Waals surface area contributed by atoms with E-state index in [0.29, 0.717) is 10.8 Å². The van der Waals surface area contributed by atoms with Crippen molar-refractivity contribution in [1.82, 2.24) is 15.2 Å². The molecule has 2 fully saturated rings. The summed E-state index contributed by atoms with van der Waals surface area (Å²) >= 11 is 1.29. The number of morpholine rings is 1. The minimum absolute atomic E-state index is 0.119. The van der Waals surface area contributed by atoms with E-state index in [0.717, 1.165) is 39.4 Å². The van der Waals surface area contributed by atoms with E-state index in [2.05, 4.69) is 15.2 Å². The molecule has 3 rings (SSSR count). The topological polar surface area (TPSA) is 80.5 Å². The normalized spacial score (nSPS) is 21.6. The van der Waals surface area contributed by atoms with Gasteiger partial charge >= 0.3 is 0 Å². The van der Waals surface area contributed by atoms with Crippen molar-refractivity contribution in [2.45, 2.75) is 12.8 Å². The standard InChI is InChI=1S/C13H20N4O2S/c14-12-16-10(7-20-12)11(18)15-8-13(1-2-13)9-17-3-5-19-6-4-17/h7H,1-6,8-9H2,(H2,14,16)(H,15,18). The highest BCUT2D eigenvalue weighted by Gasteiger charge is 2.44. The van der Waals surface area contributed by atoms with Crippen molar-refractivity contribution in [3.8, 4) is 0 Å². The number of carbonyl (C=O) groups is 1. The van der Waals surface area contributed by atoms with E-state index in [1.807, 2.05) is 0 Å². The fraction of sp³-hybridized carbons (Fsp3) is 0.692. The second-order valence-corrected chi connectivity index (χ2v) is 6.53. The Hall–Kier alpha value is -1.18. The Bertz CT molecular complexity index is 480. The van der Waals surface area contributed by atoms with Gasteiger partial charge in [-0.1, -0.05) is 0 Å². The number of hydrogen-bond donors (Lipinski definition) is 2. The van der Waals surface area contributed by atoms with E-state index in [4.69, 9.17) is 10.5 Å². The van der Waals surface area contributed by atoms with Gasteiger partial charge in [-0.05, 0) is 12.8 Å². The van der Waals surface area contributed by atoms with Crippen molar-refractivity contribution in [3.05, 3.63) is 11.1 Å². The van der Waals surface area contributed by atoms with Gasteiger partial charge in [0.2, 0.25) is 0 Å². The van der Waals surface area contributed by atoms with E-state index in [1.165, 1.54) is 24.2 Å². The Morgan fingerprint density at radius 2 is 2.25 bits per heavy atom.